The number of rotatable bonds is 4. The van der Waals surface area contributed by atoms with Crippen LogP contribution in [0.1, 0.15) is 37.0 Å². The Hall–Kier alpha value is -1.35. The molecule has 3 heteroatoms. The summed E-state index contributed by atoms with van der Waals surface area (Å²) in [7, 11) is 0. The van der Waals surface area contributed by atoms with Crippen molar-refractivity contribution in [3.05, 3.63) is 29.8 Å². The van der Waals surface area contributed by atoms with E-state index in [1.165, 1.54) is 0 Å². The molecule has 0 aromatic heterocycles. The van der Waals surface area contributed by atoms with E-state index < -0.39 is 0 Å². The highest BCUT2D eigenvalue weighted by molar-refractivity contribution is 6.00. The molecule has 3 nitrogen and oxygen atoms in total. The molecular formula is C15H20O3. The van der Waals surface area contributed by atoms with Crippen molar-refractivity contribution in [2.45, 2.75) is 32.8 Å². The predicted molar refractivity (Wildman–Crippen MR) is 70.1 cm³/mol. The van der Waals surface area contributed by atoms with Gasteiger partial charge in [0.25, 0.3) is 0 Å². The maximum Gasteiger partial charge on any atom is 0.169 e. The molecule has 1 aromatic carbocycles. The quantitative estimate of drug-likeness (QED) is 0.768. The van der Waals surface area contributed by atoms with Crippen LogP contribution in [-0.4, -0.2) is 25.1 Å². The lowest BCUT2D eigenvalue weighted by molar-refractivity contribution is 0.0541. The number of hydrogen-bond donors (Lipinski definition) is 0. The minimum absolute atomic E-state index is 0.0774. The molecule has 0 aliphatic carbocycles. The summed E-state index contributed by atoms with van der Waals surface area (Å²) in [4.78, 5) is 12.5. The highest BCUT2D eigenvalue weighted by Crippen LogP contribution is 2.26. The Bertz CT molecular complexity index is 406. The third-order valence-electron chi connectivity index (χ3n) is 3.11. The van der Waals surface area contributed by atoms with Crippen LogP contribution in [0.3, 0.4) is 0 Å². The number of carbonyl (C=O) groups is 1. The number of ether oxygens (including phenoxy) is 2. The molecule has 1 aromatic rings. The Labute approximate surface area is 108 Å². The maximum absolute atomic E-state index is 12.5. The standard InChI is InChI=1S/C15H20O3/c1-11(2)18-14-6-4-3-5-13(14)15(16)12-7-9-17-10-8-12/h3-6,11-12H,7-10H2,1-2H3. The average Bonchev–Trinajstić information content (AvgIpc) is 2.39. The van der Waals surface area contributed by atoms with Crippen molar-refractivity contribution in [1.29, 1.82) is 0 Å². The summed E-state index contributed by atoms with van der Waals surface area (Å²) >= 11 is 0. The zero-order valence-corrected chi connectivity index (χ0v) is 11.0. The molecule has 0 radical (unpaired) electrons. The first-order valence-electron chi connectivity index (χ1n) is 6.56. The first-order chi connectivity index (χ1) is 8.68. The number of para-hydroxylation sites is 1. The summed E-state index contributed by atoms with van der Waals surface area (Å²) in [6.45, 7) is 5.30. The molecule has 0 amide bonds. The zero-order chi connectivity index (χ0) is 13.0. The third kappa shape index (κ3) is 3.10. The lowest BCUT2D eigenvalue weighted by Crippen LogP contribution is -2.24. The van der Waals surface area contributed by atoms with Crippen LogP contribution in [-0.2, 0) is 4.74 Å². The average molecular weight is 248 g/mol. The fourth-order valence-corrected chi connectivity index (χ4v) is 2.21. The van der Waals surface area contributed by atoms with Crippen LogP contribution in [0.4, 0.5) is 0 Å². The smallest absolute Gasteiger partial charge is 0.169 e. The Morgan fingerprint density at radius 3 is 2.61 bits per heavy atom. The Morgan fingerprint density at radius 1 is 1.28 bits per heavy atom. The first kappa shape index (κ1) is 13.1. The second-order valence-corrected chi connectivity index (χ2v) is 4.91. The van der Waals surface area contributed by atoms with Gasteiger partial charge >= 0.3 is 0 Å². The van der Waals surface area contributed by atoms with Crippen LogP contribution in [0.5, 0.6) is 5.75 Å². The molecule has 1 aliphatic heterocycles. The molecule has 0 bridgehead atoms. The number of ketones is 1. The van der Waals surface area contributed by atoms with Crippen LogP contribution in [0.15, 0.2) is 24.3 Å². The van der Waals surface area contributed by atoms with E-state index in [-0.39, 0.29) is 17.8 Å². The molecule has 1 heterocycles. The molecule has 0 N–H and O–H groups in total. The number of hydrogen-bond acceptors (Lipinski definition) is 3. The van der Waals surface area contributed by atoms with Gasteiger partial charge in [-0.3, -0.25) is 4.79 Å². The van der Waals surface area contributed by atoms with Gasteiger partial charge in [-0.2, -0.15) is 0 Å². The van der Waals surface area contributed by atoms with Gasteiger partial charge in [0.15, 0.2) is 5.78 Å². The first-order valence-corrected chi connectivity index (χ1v) is 6.56. The normalized spacial score (nSPS) is 16.8. The highest BCUT2D eigenvalue weighted by atomic mass is 16.5. The summed E-state index contributed by atoms with van der Waals surface area (Å²) in [5.74, 6) is 0.967. The SMILES string of the molecule is CC(C)Oc1ccccc1C(=O)C1CCOCC1. The van der Waals surface area contributed by atoms with E-state index in [9.17, 15) is 4.79 Å². The van der Waals surface area contributed by atoms with E-state index >= 15 is 0 Å². The van der Waals surface area contributed by atoms with Crippen molar-refractivity contribution < 1.29 is 14.3 Å². The molecule has 1 saturated heterocycles. The van der Waals surface area contributed by atoms with Crippen molar-refractivity contribution in [2.24, 2.45) is 5.92 Å². The summed E-state index contributed by atoms with van der Waals surface area (Å²) < 4.78 is 11.0. The van der Waals surface area contributed by atoms with Gasteiger partial charge in [0.1, 0.15) is 5.75 Å². The van der Waals surface area contributed by atoms with E-state index in [0.717, 1.165) is 12.8 Å². The summed E-state index contributed by atoms with van der Waals surface area (Å²) in [6.07, 6.45) is 1.71. The predicted octanol–water partition coefficient (Wildman–Crippen LogP) is 3.08. The van der Waals surface area contributed by atoms with Gasteiger partial charge in [-0.1, -0.05) is 12.1 Å². The van der Waals surface area contributed by atoms with Crippen molar-refractivity contribution in [3.8, 4) is 5.75 Å². The van der Waals surface area contributed by atoms with Gasteiger partial charge in [-0.15, -0.1) is 0 Å². The summed E-state index contributed by atoms with van der Waals surface area (Å²) in [5, 5.41) is 0. The Balaban J connectivity index is 2.18. The molecular weight excluding hydrogens is 228 g/mol. The van der Waals surface area contributed by atoms with Gasteiger partial charge < -0.3 is 9.47 Å². The fraction of sp³-hybridized carbons (Fsp3) is 0.533. The minimum Gasteiger partial charge on any atom is -0.490 e. The van der Waals surface area contributed by atoms with Crippen molar-refractivity contribution in [1.82, 2.24) is 0 Å². The molecule has 0 atom stereocenters. The van der Waals surface area contributed by atoms with Crippen LogP contribution >= 0.6 is 0 Å². The van der Waals surface area contributed by atoms with Gasteiger partial charge in [-0.25, -0.2) is 0 Å². The van der Waals surface area contributed by atoms with Gasteiger partial charge in [0.2, 0.25) is 0 Å². The molecule has 0 saturated carbocycles. The van der Waals surface area contributed by atoms with E-state index in [1.807, 2.05) is 38.1 Å². The zero-order valence-electron chi connectivity index (χ0n) is 11.0. The lowest BCUT2D eigenvalue weighted by atomic mass is 9.90. The topological polar surface area (TPSA) is 35.5 Å². The summed E-state index contributed by atoms with van der Waals surface area (Å²) in [5.41, 5.74) is 0.707. The maximum atomic E-state index is 12.5. The molecule has 0 unspecified atom stereocenters. The fourth-order valence-electron chi connectivity index (χ4n) is 2.21. The minimum atomic E-state index is 0.0774. The molecule has 18 heavy (non-hydrogen) atoms. The van der Waals surface area contributed by atoms with Crippen LogP contribution in [0, 0.1) is 5.92 Å². The Morgan fingerprint density at radius 2 is 1.94 bits per heavy atom. The van der Waals surface area contributed by atoms with Crippen LogP contribution in [0.25, 0.3) is 0 Å². The Kier molecular flexibility index (Phi) is 4.37. The third-order valence-corrected chi connectivity index (χ3v) is 3.11. The largest absolute Gasteiger partial charge is 0.490 e. The molecule has 1 fully saturated rings. The van der Waals surface area contributed by atoms with E-state index in [1.54, 1.807) is 0 Å². The van der Waals surface area contributed by atoms with Crippen LogP contribution in [0.2, 0.25) is 0 Å². The molecule has 98 valence electrons. The van der Waals surface area contributed by atoms with Crippen molar-refractivity contribution in [2.75, 3.05) is 13.2 Å². The van der Waals surface area contributed by atoms with E-state index in [2.05, 4.69) is 0 Å². The van der Waals surface area contributed by atoms with Gasteiger partial charge in [0, 0.05) is 19.1 Å². The van der Waals surface area contributed by atoms with Gasteiger partial charge in [0.05, 0.1) is 11.7 Å². The molecule has 1 aliphatic rings. The lowest BCUT2D eigenvalue weighted by Gasteiger charge is -2.22. The van der Waals surface area contributed by atoms with E-state index in [0.29, 0.717) is 24.5 Å². The second-order valence-electron chi connectivity index (χ2n) is 4.91. The summed E-state index contributed by atoms with van der Waals surface area (Å²) in [6, 6.07) is 7.51. The van der Waals surface area contributed by atoms with Crippen LogP contribution < -0.4 is 4.74 Å². The second kappa shape index (κ2) is 6.01. The monoisotopic (exact) mass is 248 g/mol. The molecule has 2 rings (SSSR count). The molecule has 0 spiro atoms. The number of carbonyl (C=O) groups excluding carboxylic acids is 1. The number of Topliss-reactive ketones (excluding diaryl/α,β-unsaturated/α-hetero) is 1. The highest BCUT2D eigenvalue weighted by Gasteiger charge is 2.25. The van der Waals surface area contributed by atoms with E-state index in [4.69, 9.17) is 9.47 Å². The van der Waals surface area contributed by atoms with Gasteiger partial charge in [-0.05, 0) is 38.8 Å². The van der Waals surface area contributed by atoms with Crippen molar-refractivity contribution >= 4 is 5.78 Å². The number of benzene rings is 1. The van der Waals surface area contributed by atoms with Crippen molar-refractivity contribution in [3.63, 3.8) is 0 Å².